The monoisotopic (exact) mass is 481 g/mol. The van der Waals surface area contributed by atoms with Crippen molar-refractivity contribution in [3.05, 3.63) is 101 Å². The summed E-state index contributed by atoms with van der Waals surface area (Å²) in [5.74, 6) is 0.383. The van der Waals surface area contributed by atoms with Crippen molar-refractivity contribution in [2.75, 3.05) is 0 Å². The molecule has 0 aliphatic heterocycles. The van der Waals surface area contributed by atoms with Crippen LogP contribution in [0, 0.1) is 0 Å². The van der Waals surface area contributed by atoms with Gasteiger partial charge in [-0.2, -0.15) is 4.72 Å². The van der Waals surface area contributed by atoms with Crippen LogP contribution in [0.4, 0.5) is 0 Å². The van der Waals surface area contributed by atoms with Gasteiger partial charge in [0, 0.05) is 10.6 Å². The third kappa shape index (κ3) is 5.16. The van der Waals surface area contributed by atoms with Gasteiger partial charge in [-0.3, -0.25) is 0 Å². The van der Waals surface area contributed by atoms with Crippen LogP contribution in [-0.2, 0) is 15.4 Å². The quantitative estimate of drug-likeness (QED) is 0.378. The zero-order valence-corrected chi connectivity index (χ0v) is 20.1. The molecular formula is C25H24ClN3O3S. The van der Waals surface area contributed by atoms with Crippen LogP contribution in [0.25, 0.3) is 11.5 Å². The molecule has 6 nitrogen and oxygen atoms in total. The van der Waals surface area contributed by atoms with Gasteiger partial charge in [-0.1, -0.05) is 80.9 Å². The largest absolute Gasteiger partial charge is 0.419 e. The summed E-state index contributed by atoms with van der Waals surface area (Å²) in [7, 11) is -3.93. The molecule has 4 rings (SSSR count). The van der Waals surface area contributed by atoms with E-state index >= 15 is 0 Å². The highest BCUT2D eigenvalue weighted by Gasteiger charge is 2.29. The molecule has 170 valence electrons. The van der Waals surface area contributed by atoms with Gasteiger partial charge in [0.05, 0.1) is 4.90 Å². The lowest BCUT2D eigenvalue weighted by molar-refractivity contribution is 0.464. The van der Waals surface area contributed by atoms with Crippen molar-refractivity contribution in [1.29, 1.82) is 0 Å². The maximum absolute atomic E-state index is 13.3. The van der Waals surface area contributed by atoms with E-state index in [-0.39, 0.29) is 22.1 Å². The molecule has 4 aromatic rings. The summed E-state index contributed by atoms with van der Waals surface area (Å²) in [6.07, 6.45) is 0. The third-order valence-corrected chi connectivity index (χ3v) is 7.01. The minimum atomic E-state index is -3.93. The smallest absolute Gasteiger partial charge is 0.247 e. The van der Waals surface area contributed by atoms with E-state index in [4.69, 9.17) is 16.0 Å². The van der Waals surface area contributed by atoms with Crippen molar-refractivity contribution >= 4 is 21.6 Å². The summed E-state index contributed by atoms with van der Waals surface area (Å²) in [6, 6.07) is 22.1. The molecule has 8 heteroatoms. The molecule has 1 heterocycles. The number of nitrogens with zero attached hydrogens (tertiary/aromatic N) is 2. The summed E-state index contributed by atoms with van der Waals surface area (Å²) in [5, 5.41) is 8.62. The molecule has 0 aliphatic carbocycles. The van der Waals surface area contributed by atoms with Crippen molar-refractivity contribution in [3.8, 4) is 11.5 Å². The number of aromatic nitrogens is 2. The van der Waals surface area contributed by atoms with Gasteiger partial charge < -0.3 is 4.42 Å². The van der Waals surface area contributed by atoms with Crippen LogP contribution in [-0.4, -0.2) is 18.6 Å². The number of halogens is 1. The number of rotatable bonds is 6. The molecule has 0 fully saturated rings. The summed E-state index contributed by atoms with van der Waals surface area (Å²) in [5.41, 5.74) is 2.19. The van der Waals surface area contributed by atoms with E-state index in [0.717, 1.165) is 11.1 Å². The van der Waals surface area contributed by atoms with Crippen LogP contribution in [0.5, 0.6) is 0 Å². The zero-order valence-electron chi connectivity index (χ0n) is 18.5. The zero-order chi connectivity index (χ0) is 23.6. The van der Waals surface area contributed by atoms with Crippen molar-refractivity contribution in [3.63, 3.8) is 0 Å². The molecular weight excluding hydrogens is 458 g/mol. The van der Waals surface area contributed by atoms with Crippen molar-refractivity contribution in [2.45, 2.75) is 37.1 Å². The highest BCUT2D eigenvalue weighted by molar-refractivity contribution is 7.89. The molecule has 33 heavy (non-hydrogen) atoms. The van der Waals surface area contributed by atoms with Gasteiger partial charge in [0.1, 0.15) is 6.04 Å². The second kappa shape index (κ2) is 9.09. The van der Waals surface area contributed by atoms with E-state index in [9.17, 15) is 8.42 Å². The minimum Gasteiger partial charge on any atom is -0.419 e. The van der Waals surface area contributed by atoms with E-state index in [1.807, 2.05) is 42.5 Å². The maximum Gasteiger partial charge on any atom is 0.247 e. The Morgan fingerprint density at radius 2 is 1.52 bits per heavy atom. The third-order valence-electron chi connectivity index (χ3n) is 5.23. The average Bonchev–Trinajstić information content (AvgIpc) is 3.28. The summed E-state index contributed by atoms with van der Waals surface area (Å²) in [6.45, 7) is 6.21. The van der Waals surface area contributed by atoms with Crippen molar-refractivity contribution in [2.24, 2.45) is 0 Å². The lowest BCUT2D eigenvalue weighted by Crippen LogP contribution is -2.30. The fourth-order valence-corrected chi connectivity index (χ4v) is 4.78. The van der Waals surface area contributed by atoms with E-state index in [1.165, 1.54) is 0 Å². The van der Waals surface area contributed by atoms with Crippen LogP contribution in [0.2, 0.25) is 5.02 Å². The van der Waals surface area contributed by atoms with Crippen LogP contribution in [0.15, 0.2) is 88.2 Å². The van der Waals surface area contributed by atoms with E-state index < -0.39 is 16.1 Å². The van der Waals surface area contributed by atoms with E-state index in [1.54, 1.807) is 36.4 Å². The number of benzene rings is 3. The Labute approximate surface area is 198 Å². The molecule has 1 atom stereocenters. The number of hydrogen-bond acceptors (Lipinski definition) is 5. The van der Waals surface area contributed by atoms with Gasteiger partial charge in [-0.05, 0) is 46.9 Å². The molecule has 1 N–H and O–H groups in total. The van der Waals surface area contributed by atoms with Gasteiger partial charge in [-0.25, -0.2) is 8.42 Å². The standard InChI is InChI=1S/C25H24ClN3O3S/c1-25(2,3)18-13-15-19(16-14-18)33(30,31)29-22(20-11-7-8-12-21(20)26)24-28-27-23(32-24)17-9-5-4-6-10-17/h4-16,22,29H,1-3H3/t22-/m1/s1. The Morgan fingerprint density at radius 3 is 2.15 bits per heavy atom. The van der Waals surface area contributed by atoms with Gasteiger partial charge in [0.25, 0.3) is 0 Å². The first-order valence-electron chi connectivity index (χ1n) is 10.4. The second-order valence-electron chi connectivity index (χ2n) is 8.66. The Morgan fingerprint density at radius 1 is 0.879 bits per heavy atom. The molecule has 0 saturated heterocycles. The van der Waals surface area contributed by atoms with E-state index in [2.05, 4.69) is 35.7 Å². The average molecular weight is 482 g/mol. The highest BCUT2D eigenvalue weighted by atomic mass is 35.5. The first kappa shape index (κ1) is 23.2. The first-order valence-corrected chi connectivity index (χ1v) is 12.3. The minimum absolute atomic E-state index is 0.0899. The SMILES string of the molecule is CC(C)(C)c1ccc(S(=O)(=O)N[C@@H](c2nnc(-c3ccccc3)o2)c2ccccc2Cl)cc1. The van der Waals surface area contributed by atoms with Crippen LogP contribution < -0.4 is 4.72 Å². The fourth-order valence-electron chi connectivity index (χ4n) is 3.36. The first-order chi connectivity index (χ1) is 15.6. The molecule has 0 saturated carbocycles. The van der Waals surface area contributed by atoms with Gasteiger partial charge in [0.15, 0.2) is 0 Å². The topological polar surface area (TPSA) is 85.1 Å². The second-order valence-corrected chi connectivity index (χ2v) is 10.8. The number of nitrogens with one attached hydrogen (secondary N) is 1. The van der Waals surface area contributed by atoms with Crippen LogP contribution >= 0.6 is 11.6 Å². The summed E-state index contributed by atoms with van der Waals surface area (Å²) >= 11 is 6.41. The molecule has 3 aromatic carbocycles. The Kier molecular flexibility index (Phi) is 6.38. The predicted octanol–water partition coefficient (Wildman–Crippen LogP) is 5.76. The van der Waals surface area contributed by atoms with E-state index in [0.29, 0.717) is 10.6 Å². The van der Waals surface area contributed by atoms with Gasteiger partial charge in [-0.15, -0.1) is 10.2 Å². The molecule has 0 aliphatic rings. The predicted molar refractivity (Wildman–Crippen MR) is 128 cm³/mol. The lowest BCUT2D eigenvalue weighted by atomic mass is 9.87. The lowest BCUT2D eigenvalue weighted by Gasteiger charge is -2.20. The number of sulfonamides is 1. The Balaban J connectivity index is 1.72. The van der Waals surface area contributed by atoms with Gasteiger partial charge >= 0.3 is 0 Å². The Hall–Kier alpha value is -3.00. The molecule has 0 unspecified atom stereocenters. The van der Waals surface area contributed by atoms with Crippen LogP contribution in [0.1, 0.15) is 43.8 Å². The molecule has 0 spiro atoms. The van der Waals surface area contributed by atoms with Gasteiger partial charge in [0.2, 0.25) is 21.8 Å². The summed E-state index contributed by atoms with van der Waals surface area (Å²) in [4.78, 5) is 0.135. The fraction of sp³-hybridized carbons (Fsp3) is 0.200. The Bertz CT molecular complexity index is 1350. The molecule has 0 amide bonds. The normalized spacial score (nSPS) is 13.1. The van der Waals surface area contributed by atoms with Crippen LogP contribution in [0.3, 0.4) is 0 Å². The van der Waals surface area contributed by atoms with Crippen molar-refractivity contribution < 1.29 is 12.8 Å². The molecule has 1 aromatic heterocycles. The highest BCUT2D eigenvalue weighted by Crippen LogP contribution is 2.31. The van der Waals surface area contributed by atoms with Crippen molar-refractivity contribution in [1.82, 2.24) is 14.9 Å². The molecule has 0 radical (unpaired) electrons. The maximum atomic E-state index is 13.3. The number of hydrogen-bond donors (Lipinski definition) is 1. The summed E-state index contributed by atoms with van der Waals surface area (Å²) < 4.78 is 35.2. The molecule has 0 bridgehead atoms.